The van der Waals surface area contributed by atoms with Gasteiger partial charge in [-0.2, -0.15) is 0 Å². The molecular formula is C17H19ClN2O3S. The second kappa shape index (κ2) is 7.79. The maximum Gasteiger partial charge on any atom is 0.253 e. The summed E-state index contributed by atoms with van der Waals surface area (Å²) in [6.45, 7) is 2.39. The summed E-state index contributed by atoms with van der Waals surface area (Å²) in [7, 11) is -1.92. The highest BCUT2D eigenvalue weighted by molar-refractivity contribution is 7.89. The number of hydrogen-bond acceptors (Lipinski definition) is 3. The van der Waals surface area contributed by atoms with Crippen LogP contribution in [0.15, 0.2) is 53.4 Å². The lowest BCUT2D eigenvalue weighted by Crippen LogP contribution is -2.27. The molecule has 0 unspecified atom stereocenters. The summed E-state index contributed by atoms with van der Waals surface area (Å²) < 4.78 is 26.5. The number of amides is 1. The average Bonchev–Trinajstić information content (AvgIpc) is 2.56. The highest BCUT2D eigenvalue weighted by Crippen LogP contribution is 2.15. The van der Waals surface area contributed by atoms with Crippen molar-refractivity contribution in [1.29, 1.82) is 0 Å². The quantitative estimate of drug-likeness (QED) is 0.854. The first-order chi connectivity index (χ1) is 11.3. The fraction of sp³-hybridized carbons (Fsp3) is 0.235. The van der Waals surface area contributed by atoms with Crippen molar-refractivity contribution in [3.8, 4) is 0 Å². The maximum atomic E-state index is 12.5. The molecule has 2 aromatic carbocycles. The average molecular weight is 367 g/mol. The Hall–Kier alpha value is -1.89. The molecule has 1 N–H and O–H groups in total. The summed E-state index contributed by atoms with van der Waals surface area (Å²) in [5.74, 6) is -0.251. The van der Waals surface area contributed by atoms with Crippen LogP contribution in [0, 0.1) is 0 Å². The van der Waals surface area contributed by atoms with Crippen LogP contribution in [-0.4, -0.2) is 32.8 Å². The number of hydrogen-bond donors (Lipinski definition) is 1. The van der Waals surface area contributed by atoms with Gasteiger partial charge in [0.2, 0.25) is 10.0 Å². The van der Waals surface area contributed by atoms with Gasteiger partial charge in [0.15, 0.2) is 0 Å². The third-order valence-corrected chi connectivity index (χ3v) is 5.20. The Bertz CT molecular complexity index is 820. The summed E-state index contributed by atoms with van der Waals surface area (Å²) in [5, 5.41) is 0.633. The number of sulfonamides is 1. The SMILES string of the molecule is CCNS(=O)(=O)c1cccc(C(=O)N(C)Cc2ccc(Cl)cc2)c1. The number of benzene rings is 2. The van der Waals surface area contributed by atoms with Gasteiger partial charge >= 0.3 is 0 Å². The van der Waals surface area contributed by atoms with E-state index < -0.39 is 10.0 Å². The van der Waals surface area contributed by atoms with Crippen LogP contribution in [0.5, 0.6) is 0 Å². The Kier molecular flexibility index (Phi) is 5.99. The molecule has 0 atom stereocenters. The number of rotatable bonds is 6. The molecule has 0 heterocycles. The molecule has 2 aromatic rings. The normalized spacial score (nSPS) is 11.3. The summed E-state index contributed by atoms with van der Waals surface area (Å²) in [4.78, 5) is 14.1. The van der Waals surface area contributed by atoms with Gasteiger partial charge in [-0.15, -0.1) is 0 Å². The van der Waals surface area contributed by atoms with Crippen molar-refractivity contribution in [3.05, 3.63) is 64.7 Å². The van der Waals surface area contributed by atoms with Gasteiger partial charge in [-0.3, -0.25) is 4.79 Å². The van der Waals surface area contributed by atoms with Crippen molar-refractivity contribution in [2.45, 2.75) is 18.4 Å². The fourth-order valence-electron chi connectivity index (χ4n) is 2.23. The van der Waals surface area contributed by atoms with E-state index in [0.717, 1.165) is 5.56 Å². The molecule has 7 heteroatoms. The zero-order chi connectivity index (χ0) is 17.7. The first-order valence-electron chi connectivity index (χ1n) is 7.43. The van der Waals surface area contributed by atoms with Gasteiger partial charge in [-0.25, -0.2) is 13.1 Å². The van der Waals surface area contributed by atoms with E-state index in [0.29, 0.717) is 17.1 Å². The molecule has 1 amide bonds. The minimum absolute atomic E-state index is 0.0788. The molecule has 2 rings (SSSR count). The molecule has 0 aliphatic rings. The smallest absolute Gasteiger partial charge is 0.253 e. The van der Waals surface area contributed by atoms with Crippen molar-refractivity contribution in [1.82, 2.24) is 9.62 Å². The van der Waals surface area contributed by atoms with Crippen LogP contribution in [0.3, 0.4) is 0 Å². The van der Waals surface area contributed by atoms with Gasteiger partial charge in [0, 0.05) is 30.7 Å². The lowest BCUT2D eigenvalue weighted by Gasteiger charge is -2.18. The minimum Gasteiger partial charge on any atom is -0.337 e. The Labute approximate surface area is 147 Å². The largest absolute Gasteiger partial charge is 0.337 e. The fourth-order valence-corrected chi connectivity index (χ4v) is 3.44. The van der Waals surface area contributed by atoms with Gasteiger partial charge in [-0.05, 0) is 35.9 Å². The Morgan fingerprint density at radius 1 is 1.17 bits per heavy atom. The number of carbonyl (C=O) groups is 1. The number of carbonyl (C=O) groups excluding carboxylic acids is 1. The van der Waals surface area contributed by atoms with Gasteiger partial charge in [0.1, 0.15) is 0 Å². The monoisotopic (exact) mass is 366 g/mol. The zero-order valence-electron chi connectivity index (χ0n) is 13.5. The first kappa shape index (κ1) is 18.4. The Balaban J connectivity index is 2.18. The molecule has 0 bridgehead atoms. The van der Waals surface area contributed by atoms with Crippen LogP contribution in [0.4, 0.5) is 0 Å². The van der Waals surface area contributed by atoms with E-state index >= 15 is 0 Å². The molecule has 0 fully saturated rings. The van der Waals surface area contributed by atoms with Gasteiger partial charge in [0.25, 0.3) is 5.91 Å². The Morgan fingerprint density at radius 3 is 2.46 bits per heavy atom. The molecule has 0 saturated heterocycles. The third kappa shape index (κ3) is 4.56. The van der Waals surface area contributed by atoms with E-state index in [1.54, 1.807) is 38.2 Å². The zero-order valence-corrected chi connectivity index (χ0v) is 15.1. The predicted molar refractivity (Wildman–Crippen MR) is 94.6 cm³/mol. The highest BCUT2D eigenvalue weighted by Gasteiger charge is 2.17. The van der Waals surface area contributed by atoms with E-state index in [4.69, 9.17) is 11.6 Å². The molecule has 24 heavy (non-hydrogen) atoms. The van der Waals surface area contributed by atoms with Gasteiger partial charge in [-0.1, -0.05) is 36.7 Å². The molecule has 0 saturated carbocycles. The number of nitrogens with zero attached hydrogens (tertiary/aromatic N) is 1. The first-order valence-corrected chi connectivity index (χ1v) is 9.29. The minimum atomic E-state index is -3.59. The number of halogens is 1. The second-order valence-corrected chi connectivity index (χ2v) is 7.52. The van der Waals surface area contributed by atoms with Crippen LogP contribution in [0.2, 0.25) is 5.02 Å². The number of nitrogens with one attached hydrogen (secondary N) is 1. The van der Waals surface area contributed by atoms with Crippen LogP contribution < -0.4 is 4.72 Å². The van der Waals surface area contributed by atoms with Gasteiger partial charge in [0.05, 0.1) is 4.90 Å². The van der Waals surface area contributed by atoms with Crippen molar-refractivity contribution in [2.75, 3.05) is 13.6 Å². The van der Waals surface area contributed by atoms with Crippen LogP contribution >= 0.6 is 11.6 Å². The maximum absolute atomic E-state index is 12.5. The van der Waals surface area contributed by atoms with Crippen molar-refractivity contribution in [2.24, 2.45) is 0 Å². The molecule has 0 spiro atoms. The van der Waals surface area contributed by atoms with E-state index in [1.165, 1.54) is 17.0 Å². The third-order valence-electron chi connectivity index (χ3n) is 3.41. The molecule has 0 aliphatic heterocycles. The van der Waals surface area contributed by atoms with Gasteiger partial charge < -0.3 is 4.90 Å². The highest BCUT2D eigenvalue weighted by atomic mass is 35.5. The van der Waals surface area contributed by atoms with Crippen molar-refractivity contribution >= 4 is 27.5 Å². The lowest BCUT2D eigenvalue weighted by atomic mass is 10.1. The summed E-state index contributed by atoms with van der Waals surface area (Å²) in [5.41, 5.74) is 1.26. The topological polar surface area (TPSA) is 66.5 Å². The molecule has 0 radical (unpaired) electrons. The van der Waals surface area contributed by atoms with Crippen LogP contribution in [0.25, 0.3) is 0 Å². The van der Waals surface area contributed by atoms with E-state index in [1.807, 2.05) is 12.1 Å². The Morgan fingerprint density at radius 2 is 1.83 bits per heavy atom. The standard InChI is InChI=1S/C17H19ClN2O3S/c1-3-19-24(22,23)16-6-4-5-14(11-16)17(21)20(2)12-13-7-9-15(18)10-8-13/h4-11,19H,3,12H2,1-2H3. The van der Waals surface area contributed by atoms with E-state index in [2.05, 4.69) is 4.72 Å². The summed E-state index contributed by atoms with van der Waals surface area (Å²) in [6.07, 6.45) is 0. The second-order valence-electron chi connectivity index (χ2n) is 5.32. The van der Waals surface area contributed by atoms with Crippen molar-refractivity contribution in [3.63, 3.8) is 0 Å². The lowest BCUT2D eigenvalue weighted by molar-refractivity contribution is 0.0785. The predicted octanol–water partition coefficient (Wildman–Crippen LogP) is 2.91. The van der Waals surface area contributed by atoms with Crippen LogP contribution in [-0.2, 0) is 16.6 Å². The van der Waals surface area contributed by atoms with E-state index in [9.17, 15) is 13.2 Å². The summed E-state index contributed by atoms with van der Waals surface area (Å²) >= 11 is 5.85. The van der Waals surface area contributed by atoms with E-state index in [-0.39, 0.29) is 17.3 Å². The molecule has 5 nitrogen and oxygen atoms in total. The molecular weight excluding hydrogens is 348 g/mol. The van der Waals surface area contributed by atoms with Crippen molar-refractivity contribution < 1.29 is 13.2 Å². The molecule has 128 valence electrons. The molecule has 0 aliphatic carbocycles. The summed E-state index contributed by atoms with van der Waals surface area (Å²) in [6, 6.07) is 13.2. The van der Waals surface area contributed by atoms with Crippen LogP contribution in [0.1, 0.15) is 22.8 Å². The molecule has 0 aromatic heterocycles.